The van der Waals surface area contributed by atoms with Crippen LogP contribution in [0.25, 0.3) is 0 Å². The summed E-state index contributed by atoms with van der Waals surface area (Å²) in [7, 11) is -1.47. The van der Waals surface area contributed by atoms with Crippen molar-refractivity contribution in [1.82, 2.24) is 3.26 Å². The van der Waals surface area contributed by atoms with Crippen LogP contribution in [-0.4, -0.2) is 27.3 Å². The standard InChI is InChI=1S/C9H13.C5H13OSi.C4H10N.CH3.2ClH.H2Si.Zr/c1-6-5-7(2)9(4)8(6)3;1-5-6-7(2,3)4;1-4(2,3)5;;;;;/h6H,1-4H3;1,5H2,2-4H3;5H,1-3H3;1H3;2*1H;1H2;/q;;-1;;;;;+1. The Morgan fingerprint density at radius 3 is 1.85 bits per heavy atom. The summed E-state index contributed by atoms with van der Waals surface area (Å²) in [6.45, 7) is 26.5. The minimum absolute atomic E-state index is 0. The first-order chi connectivity index (χ1) is 10.5. The quantitative estimate of drug-likeness (QED) is 0.438. The average molecular weight is 520 g/mol. The molecule has 0 aromatic rings. The third-order valence-corrected chi connectivity index (χ3v) is 25.2. The van der Waals surface area contributed by atoms with E-state index in [1.165, 1.54) is 9.70 Å². The largest absolute Gasteiger partial charge is 0.147 e. The van der Waals surface area contributed by atoms with E-state index in [0.717, 1.165) is 6.61 Å². The summed E-state index contributed by atoms with van der Waals surface area (Å²) in [5.41, 5.74) is 4.79. The van der Waals surface area contributed by atoms with Gasteiger partial charge < -0.3 is 0 Å². The second-order valence-electron chi connectivity index (χ2n) is 10.4. The van der Waals surface area contributed by atoms with E-state index >= 15 is 0 Å². The first-order valence-corrected chi connectivity index (χ1v) is 25.3. The summed E-state index contributed by atoms with van der Waals surface area (Å²) in [6.07, 6.45) is 0. The molecule has 0 saturated carbocycles. The van der Waals surface area contributed by atoms with E-state index in [4.69, 9.17) is 4.43 Å². The Morgan fingerprint density at radius 1 is 1.08 bits per heavy atom. The zero-order chi connectivity index (χ0) is 19.2. The van der Waals surface area contributed by atoms with Crippen LogP contribution in [-0.2, 0) is 22.1 Å². The van der Waals surface area contributed by atoms with Crippen molar-refractivity contribution in [3.8, 4) is 0 Å². The van der Waals surface area contributed by atoms with Gasteiger partial charge in [-0.15, -0.1) is 24.8 Å². The van der Waals surface area contributed by atoms with Crippen molar-refractivity contribution in [3.63, 3.8) is 0 Å². The van der Waals surface area contributed by atoms with Crippen LogP contribution in [0, 0.1) is 5.92 Å². The van der Waals surface area contributed by atoms with Gasteiger partial charge in [0.2, 0.25) is 0 Å². The van der Waals surface area contributed by atoms with Crippen LogP contribution in [0.2, 0.25) is 28.4 Å². The molecule has 0 radical (unpaired) electrons. The van der Waals surface area contributed by atoms with Gasteiger partial charge in [0, 0.05) is 0 Å². The van der Waals surface area contributed by atoms with Crippen LogP contribution in [0.1, 0.15) is 48.5 Å². The number of nitrogens with one attached hydrogen (secondary N) is 1. The monoisotopic (exact) mass is 517 g/mol. The number of hydrogen-bond donors (Lipinski definition) is 1. The van der Waals surface area contributed by atoms with Crippen molar-refractivity contribution in [2.75, 3.05) is 6.61 Å². The van der Waals surface area contributed by atoms with E-state index in [0.29, 0.717) is 5.92 Å². The topological polar surface area (TPSA) is 21.3 Å². The Morgan fingerprint density at radius 2 is 1.54 bits per heavy atom. The van der Waals surface area contributed by atoms with Gasteiger partial charge in [-0.3, -0.25) is 0 Å². The number of rotatable bonds is 6. The molecule has 0 fully saturated rings. The fourth-order valence-electron chi connectivity index (χ4n) is 4.53. The molecule has 1 atom stereocenters. The summed E-state index contributed by atoms with van der Waals surface area (Å²) >= 11 is -3.32. The fourth-order valence-corrected chi connectivity index (χ4v) is 28.2. The van der Waals surface area contributed by atoms with Gasteiger partial charge in [0.25, 0.3) is 0 Å². The minimum atomic E-state index is -3.32. The van der Waals surface area contributed by atoms with Crippen molar-refractivity contribution >= 4 is 40.0 Å². The van der Waals surface area contributed by atoms with E-state index < -0.39 is 26.0 Å². The van der Waals surface area contributed by atoms with Crippen molar-refractivity contribution < 1.29 is 22.1 Å². The summed E-state index contributed by atoms with van der Waals surface area (Å²) in [5, 5.41) is 0. The maximum Gasteiger partial charge on any atom is -0.147 e. The third-order valence-electron chi connectivity index (χ3n) is 5.48. The molecule has 2 nitrogen and oxygen atoms in total. The molecule has 0 saturated heterocycles. The molecule has 1 aliphatic rings. The Labute approximate surface area is 179 Å². The number of hydrogen-bond acceptors (Lipinski definition) is 2. The zero-order valence-corrected chi connectivity index (χ0v) is 25.4. The second kappa shape index (κ2) is 9.41. The average Bonchev–Trinajstić information content (AvgIpc) is 2.49. The predicted octanol–water partition coefficient (Wildman–Crippen LogP) is 5.95. The Balaban J connectivity index is 0. The Hall–Kier alpha value is 1.30. The molecule has 0 aromatic carbocycles. The molecule has 1 rings (SSSR count). The third kappa shape index (κ3) is 7.28. The van der Waals surface area contributed by atoms with Crippen LogP contribution in [0.15, 0.2) is 20.0 Å². The number of halogens is 2. The fraction of sp³-hybridized carbons (Fsp3) is 0.789. The first kappa shape index (κ1) is 29.5. The maximum absolute atomic E-state index is 6.31. The molecule has 26 heavy (non-hydrogen) atoms. The van der Waals surface area contributed by atoms with Gasteiger partial charge >= 0.3 is 156 Å². The summed E-state index contributed by atoms with van der Waals surface area (Å²) < 4.78 is 16.1. The summed E-state index contributed by atoms with van der Waals surface area (Å²) in [6, 6.07) is 0. The van der Waals surface area contributed by atoms with Crippen molar-refractivity contribution in [2.24, 2.45) is 5.92 Å². The van der Waals surface area contributed by atoms with Gasteiger partial charge in [-0.25, -0.2) is 0 Å². The van der Waals surface area contributed by atoms with Gasteiger partial charge in [0.05, 0.1) is 0 Å². The molecule has 1 N–H and O–H groups in total. The predicted molar refractivity (Wildman–Crippen MR) is 126 cm³/mol. The molecular formula is C19H43Cl2NOSi2Zr. The van der Waals surface area contributed by atoms with Crippen LogP contribution in [0.4, 0.5) is 0 Å². The molecular weight excluding hydrogens is 477 g/mol. The van der Waals surface area contributed by atoms with Gasteiger partial charge in [0.15, 0.2) is 0 Å². The van der Waals surface area contributed by atoms with E-state index in [2.05, 4.69) is 82.9 Å². The van der Waals surface area contributed by atoms with E-state index in [9.17, 15) is 0 Å². The van der Waals surface area contributed by atoms with Gasteiger partial charge in [-0.2, -0.15) is 0 Å². The molecule has 7 heteroatoms. The molecule has 0 spiro atoms. The Bertz CT molecular complexity index is 645. The van der Waals surface area contributed by atoms with Crippen molar-refractivity contribution in [2.45, 2.75) is 82.4 Å². The molecule has 1 unspecified atom stereocenters. The first-order valence-electron chi connectivity index (χ1n) is 9.35. The number of allylic oxidation sites excluding steroid dienone is 4. The van der Waals surface area contributed by atoms with Gasteiger partial charge in [-0.1, -0.05) is 0 Å². The summed E-state index contributed by atoms with van der Waals surface area (Å²) in [5.74, 6) is 0.583. The molecule has 0 amide bonds. The molecule has 1 aliphatic carbocycles. The van der Waals surface area contributed by atoms with E-state index in [1.807, 2.05) is 0 Å². The zero-order valence-electron chi connectivity index (χ0n) is 18.9. The molecule has 0 aromatic heterocycles. The maximum atomic E-state index is 6.31. The normalized spacial score (nSPS) is 19.5. The van der Waals surface area contributed by atoms with Crippen LogP contribution >= 0.6 is 24.8 Å². The second-order valence-corrected chi connectivity index (χ2v) is 40.7. The SMILES string of the molecule is CC1=C(C)C(C)[C]([Zr]([CH3])(=[SiH2])([CH2]CO[Si](C)(C)C)[NH]C(C)(C)C)=C1C.Cl.Cl. The van der Waals surface area contributed by atoms with E-state index in [-0.39, 0.29) is 30.4 Å². The van der Waals surface area contributed by atoms with Crippen LogP contribution in [0.3, 0.4) is 0 Å². The molecule has 156 valence electrons. The van der Waals surface area contributed by atoms with Crippen molar-refractivity contribution in [3.05, 3.63) is 20.0 Å². The summed E-state index contributed by atoms with van der Waals surface area (Å²) in [4.78, 5) is 0. The molecule has 0 aliphatic heterocycles. The molecule has 0 heterocycles. The smallest absolute Gasteiger partial charge is 0.147 e. The van der Waals surface area contributed by atoms with Crippen molar-refractivity contribution in [1.29, 1.82) is 0 Å². The van der Waals surface area contributed by atoms with Crippen LogP contribution in [0.5, 0.6) is 0 Å². The van der Waals surface area contributed by atoms with Gasteiger partial charge in [0.1, 0.15) is 0 Å². The van der Waals surface area contributed by atoms with E-state index in [1.54, 1.807) is 14.4 Å². The van der Waals surface area contributed by atoms with Crippen LogP contribution < -0.4 is 3.26 Å². The Kier molecular flexibility index (Phi) is 10.7. The minimum Gasteiger partial charge on any atom is -0.147 e. The van der Waals surface area contributed by atoms with Gasteiger partial charge in [-0.05, 0) is 0 Å². The molecule has 0 bridgehead atoms.